The summed E-state index contributed by atoms with van der Waals surface area (Å²) >= 11 is 1.17. The molecule has 0 N–H and O–H groups in total. The van der Waals surface area contributed by atoms with E-state index in [4.69, 9.17) is 0 Å². The van der Waals surface area contributed by atoms with Crippen LogP contribution < -0.4 is 0 Å². The van der Waals surface area contributed by atoms with E-state index in [9.17, 15) is 4.79 Å². The summed E-state index contributed by atoms with van der Waals surface area (Å²) in [6, 6.07) is 9.24. The Hall–Kier alpha value is -1.55. The number of benzene rings is 1. The predicted molar refractivity (Wildman–Crippen MR) is 64.6 cm³/mol. The predicted octanol–water partition coefficient (Wildman–Crippen LogP) is 2.66. The first-order chi connectivity index (χ1) is 7.66. The minimum atomic E-state index is 0.0300. The minimum Gasteiger partial charge on any atom is -0.281 e. The Kier molecular flexibility index (Phi) is 3.10. The van der Waals surface area contributed by atoms with E-state index in [2.05, 4.69) is 5.10 Å². The van der Waals surface area contributed by atoms with Crippen LogP contribution in [0.3, 0.4) is 0 Å². The summed E-state index contributed by atoms with van der Waals surface area (Å²) in [5.41, 5.74) is 1.73. The maximum Gasteiger partial charge on any atom is 0.225 e. The zero-order valence-electron chi connectivity index (χ0n) is 9.18. The summed E-state index contributed by atoms with van der Waals surface area (Å²) in [7, 11) is 1.85. The Balaban J connectivity index is 2.17. The Morgan fingerprint density at radius 2 is 2.00 bits per heavy atom. The van der Waals surface area contributed by atoms with E-state index < -0.39 is 0 Å². The zero-order valence-corrected chi connectivity index (χ0v) is 9.99. The van der Waals surface area contributed by atoms with Crippen molar-refractivity contribution in [3.63, 3.8) is 0 Å². The first-order valence-corrected chi connectivity index (χ1v) is 5.76. The van der Waals surface area contributed by atoms with Crippen LogP contribution in [0.5, 0.6) is 0 Å². The Bertz CT molecular complexity index is 505. The molecular formula is C12H12N2OS. The molecule has 0 aliphatic carbocycles. The van der Waals surface area contributed by atoms with Gasteiger partial charge in [0.2, 0.25) is 5.12 Å². The molecule has 0 fully saturated rings. The summed E-state index contributed by atoms with van der Waals surface area (Å²) in [5.74, 6) is 0. The molecule has 1 heterocycles. The number of nitrogens with zero attached hydrogens (tertiary/aromatic N) is 2. The van der Waals surface area contributed by atoms with Crippen molar-refractivity contribution < 1.29 is 4.79 Å². The molecular weight excluding hydrogens is 220 g/mol. The second-order valence-electron chi connectivity index (χ2n) is 3.55. The first-order valence-electron chi connectivity index (χ1n) is 4.94. The quantitative estimate of drug-likeness (QED) is 0.747. The van der Waals surface area contributed by atoms with E-state index in [1.54, 1.807) is 4.68 Å². The van der Waals surface area contributed by atoms with Crippen molar-refractivity contribution in [2.24, 2.45) is 7.05 Å². The molecule has 0 saturated carbocycles. The van der Waals surface area contributed by atoms with Gasteiger partial charge in [0, 0.05) is 24.4 Å². The van der Waals surface area contributed by atoms with Crippen LogP contribution in [0.1, 0.15) is 15.9 Å². The highest BCUT2D eigenvalue weighted by Gasteiger charge is 2.11. The van der Waals surface area contributed by atoms with Crippen LogP contribution in [-0.2, 0) is 7.05 Å². The van der Waals surface area contributed by atoms with E-state index in [0.717, 1.165) is 10.6 Å². The Morgan fingerprint density at radius 3 is 2.56 bits per heavy atom. The Labute approximate surface area is 98.5 Å². The average Bonchev–Trinajstić information content (AvgIpc) is 2.59. The van der Waals surface area contributed by atoms with E-state index in [1.807, 2.05) is 50.5 Å². The van der Waals surface area contributed by atoms with Crippen molar-refractivity contribution in [2.45, 2.75) is 11.9 Å². The van der Waals surface area contributed by atoms with Crippen molar-refractivity contribution >= 4 is 16.9 Å². The third-order valence-corrected chi connectivity index (χ3v) is 3.18. The van der Waals surface area contributed by atoms with Crippen LogP contribution in [0, 0.1) is 6.92 Å². The molecule has 0 saturated heterocycles. The molecule has 0 unspecified atom stereocenters. The van der Waals surface area contributed by atoms with Crippen molar-refractivity contribution in [1.82, 2.24) is 9.78 Å². The van der Waals surface area contributed by atoms with Gasteiger partial charge in [0.1, 0.15) is 5.03 Å². The topological polar surface area (TPSA) is 34.9 Å². The smallest absolute Gasteiger partial charge is 0.225 e. The molecule has 0 amide bonds. The number of carbonyl (C=O) groups is 1. The molecule has 16 heavy (non-hydrogen) atoms. The highest BCUT2D eigenvalue weighted by Crippen LogP contribution is 2.23. The summed E-state index contributed by atoms with van der Waals surface area (Å²) < 4.78 is 1.72. The lowest BCUT2D eigenvalue weighted by molar-refractivity contribution is 0.108. The molecule has 0 aliphatic heterocycles. The SMILES string of the molecule is Cc1cn(C)nc1SC(=O)c1ccccc1. The van der Waals surface area contributed by atoms with Gasteiger partial charge in [-0.05, 0) is 18.7 Å². The number of rotatable bonds is 2. The van der Waals surface area contributed by atoms with Crippen LogP contribution in [0.4, 0.5) is 0 Å². The molecule has 2 aromatic rings. The van der Waals surface area contributed by atoms with Crippen molar-refractivity contribution in [3.8, 4) is 0 Å². The summed E-state index contributed by atoms with van der Waals surface area (Å²) in [5, 5.41) is 5.04. The fourth-order valence-corrected chi connectivity index (χ4v) is 2.22. The number of hydrogen-bond donors (Lipinski definition) is 0. The van der Waals surface area contributed by atoms with Crippen molar-refractivity contribution in [1.29, 1.82) is 0 Å². The third-order valence-electron chi connectivity index (χ3n) is 2.17. The lowest BCUT2D eigenvalue weighted by Crippen LogP contribution is -1.94. The highest BCUT2D eigenvalue weighted by atomic mass is 32.2. The second kappa shape index (κ2) is 4.53. The molecule has 4 heteroatoms. The van der Waals surface area contributed by atoms with Crippen LogP contribution in [0.2, 0.25) is 0 Å². The minimum absolute atomic E-state index is 0.0300. The molecule has 3 nitrogen and oxygen atoms in total. The maximum atomic E-state index is 11.9. The van der Waals surface area contributed by atoms with E-state index >= 15 is 0 Å². The van der Waals surface area contributed by atoms with Crippen LogP contribution in [-0.4, -0.2) is 14.9 Å². The number of aromatic nitrogens is 2. The first kappa shape index (κ1) is 11.0. The molecule has 0 atom stereocenters. The van der Waals surface area contributed by atoms with Gasteiger partial charge >= 0.3 is 0 Å². The van der Waals surface area contributed by atoms with Gasteiger partial charge in [0.05, 0.1) is 0 Å². The number of thioether (sulfide) groups is 1. The lowest BCUT2D eigenvalue weighted by Gasteiger charge is -1.98. The van der Waals surface area contributed by atoms with E-state index in [1.165, 1.54) is 11.8 Å². The summed E-state index contributed by atoms with van der Waals surface area (Å²) in [6.45, 7) is 1.95. The van der Waals surface area contributed by atoms with E-state index in [0.29, 0.717) is 5.56 Å². The van der Waals surface area contributed by atoms with Crippen LogP contribution >= 0.6 is 11.8 Å². The Morgan fingerprint density at radius 1 is 1.31 bits per heavy atom. The molecule has 0 radical (unpaired) electrons. The highest BCUT2D eigenvalue weighted by molar-refractivity contribution is 8.14. The molecule has 0 spiro atoms. The second-order valence-corrected chi connectivity index (χ2v) is 4.51. The van der Waals surface area contributed by atoms with Gasteiger partial charge in [-0.3, -0.25) is 9.48 Å². The molecule has 1 aromatic heterocycles. The van der Waals surface area contributed by atoms with Crippen molar-refractivity contribution in [3.05, 3.63) is 47.7 Å². The zero-order chi connectivity index (χ0) is 11.5. The fourth-order valence-electron chi connectivity index (χ4n) is 1.41. The van der Waals surface area contributed by atoms with Crippen LogP contribution in [0.25, 0.3) is 0 Å². The number of aryl methyl sites for hydroxylation is 2. The largest absolute Gasteiger partial charge is 0.281 e. The average molecular weight is 232 g/mol. The van der Waals surface area contributed by atoms with Gasteiger partial charge in [0.25, 0.3) is 0 Å². The van der Waals surface area contributed by atoms with Gasteiger partial charge in [-0.2, -0.15) is 5.10 Å². The summed E-state index contributed by atoms with van der Waals surface area (Å²) in [6.07, 6.45) is 1.90. The monoisotopic (exact) mass is 232 g/mol. The van der Waals surface area contributed by atoms with Crippen LogP contribution in [0.15, 0.2) is 41.6 Å². The van der Waals surface area contributed by atoms with Crippen molar-refractivity contribution in [2.75, 3.05) is 0 Å². The molecule has 1 aromatic carbocycles. The maximum absolute atomic E-state index is 11.9. The van der Waals surface area contributed by atoms with E-state index in [-0.39, 0.29) is 5.12 Å². The standard InChI is InChI=1S/C12H12N2OS/c1-9-8-14(2)13-11(9)16-12(15)10-6-4-3-5-7-10/h3-8H,1-2H3. The molecule has 0 aliphatic rings. The normalized spacial score (nSPS) is 10.4. The van der Waals surface area contributed by atoms with Gasteiger partial charge in [-0.15, -0.1) is 0 Å². The number of carbonyl (C=O) groups excluding carboxylic acids is 1. The van der Waals surface area contributed by atoms with Gasteiger partial charge in [-0.25, -0.2) is 0 Å². The van der Waals surface area contributed by atoms with Gasteiger partial charge in [0.15, 0.2) is 0 Å². The molecule has 82 valence electrons. The number of hydrogen-bond acceptors (Lipinski definition) is 3. The fraction of sp³-hybridized carbons (Fsp3) is 0.167. The third kappa shape index (κ3) is 2.33. The van der Waals surface area contributed by atoms with Gasteiger partial charge in [-0.1, -0.05) is 30.3 Å². The lowest BCUT2D eigenvalue weighted by atomic mass is 10.2. The summed E-state index contributed by atoms with van der Waals surface area (Å²) in [4.78, 5) is 11.9. The molecule has 2 rings (SSSR count). The molecule has 0 bridgehead atoms. The van der Waals surface area contributed by atoms with Gasteiger partial charge < -0.3 is 0 Å².